The second-order valence-corrected chi connectivity index (χ2v) is 12.2. The Balaban J connectivity index is 1.34. The van der Waals surface area contributed by atoms with E-state index in [0.717, 1.165) is 59.2 Å². The van der Waals surface area contributed by atoms with E-state index < -0.39 is 10.8 Å². The molecular formula is C35H37N3O2S. The minimum absolute atomic E-state index is 0.124. The molecule has 2 unspecified atom stereocenters. The van der Waals surface area contributed by atoms with Crippen LogP contribution in [0.5, 0.6) is 0 Å². The summed E-state index contributed by atoms with van der Waals surface area (Å²) in [6, 6.07) is 28.1. The second-order valence-electron chi connectivity index (χ2n) is 11.4. The SMILES string of the molecule is Cc1cc(C)c2c3ccccc3n(Cc3ccc(C(S)(C(=O)NC(CO)c4ccccc4)C4CCCC4)cc3)c2n1. The Labute approximate surface area is 247 Å². The lowest BCUT2D eigenvalue weighted by Crippen LogP contribution is -2.47. The lowest BCUT2D eigenvalue weighted by atomic mass is 9.82. The fourth-order valence-corrected chi connectivity index (χ4v) is 7.14. The first kappa shape index (κ1) is 27.6. The van der Waals surface area contributed by atoms with Gasteiger partial charge in [-0.05, 0) is 67.0 Å². The first-order valence-corrected chi connectivity index (χ1v) is 15.0. The van der Waals surface area contributed by atoms with Crippen molar-refractivity contribution in [3.05, 3.63) is 113 Å². The maximum absolute atomic E-state index is 14.0. The summed E-state index contributed by atoms with van der Waals surface area (Å²) in [6.45, 7) is 4.70. The first-order valence-electron chi connectivity index (χ1n) is 14.5. The Morgan fingerprint density at radius 3 is 2.41 bits per heavy atom. The van der Waals surface area contributed by atoms with Crippen molar-refractivity contribution < 1.29 is 9.90 Å². The van der Waals surface area contributed by atoms with Crippen LogP contribution >= 0.6 is 12.6 Å². The van der Waals surface area contributed by atoms with E-state index in [4.69, 9.17) is 17.6 Å². The van der Waals surface area contributed by atoms with E-state index in [0.29, 0.717) is 6.54 Å². The first-order chi connectivity index (χ1) is 19.9. The van der Waals surface area contributed by atoms with Crippen LogP contribution in [-0.2, 0) is 16.1 Å². The number of nitrogens with one attached hydrogen (secondary N) is 1. The number of aliphatic hydroxyl groups is 1. The minimum atomic E-state index is -0.986. The van der Waals surface area contributed by atoms with E-state index in [9.17, 15) is 9.90 Å². The van der Waals surface area contributed by atoms with Gasteiger partial charge in [-0.1, -0.05) is 85.6 Å². The molecule has 2 aromatic heterocycles. The molecule has 3 aromatic carbocycles. The maximum atomic E-state index is 14.0. The van der Waals surface area contributed by atoms with Crippen LogP contribution in [0.4, 0.5) is 0 Å². The van der Waals surface area contributed by atoms with Crippen LogP contribution in [0.15, 0.2) is 84.9 Å². The van der Waals surface area contributed by atoms with E-state index >= 15 is 0 Å². The Kier molecular flexibility index (Phi) is 7.62. The molecule has 6 heteroatoms. The Morgan fingerprint density at radius 2 is 1.71 bits per heavy atom. The van der Waals surface area contributed by atoms with Gasteiger partial charge in [-0.3, -0.25) is 4.79 Å². The number of amides is 1. The molecule has 1 aliphatic carbocycles. The number of hydrogen-bond donors (Lipinski definition) is 3. The topological polar surface area (TPSA) is 67.2 Å². The number of thiol groups is 1. The zero-order valence-corrected chi connectivity index (χ0v) is 24.6. The minimum Gasteiger partial charge on any atom is -0.394 e. The summed E-state index contributed by atoms with van der Waals surface area (Å²) >= 11 is 5.16. The second kappa shape index (κ2) is 11.3. The molecule has 41 heavy (non-hydrogen) atoms. The zero-order chi connectivity index (χ0) is 28.6. The number of aryl methyl sites for hydroxylation is 2. The number of aliphatic hydroxyl groups excluding tert-OH is 1. The highest BCUT2D eigenvalue weighted by Gasteiger charge is 2.45. The third-order valence-electron chi connectivity index (χ3n) is 8.76. The van der Waals surface area contributed by atoms with Gasteiger partial charge in [0.15, 0.2) is 0 Å². The number of fused-ring (bicyclic) bond motifs is 3. The summed E-state index contributed by atoms with van der Waals surface area (Å²) in [5.74, 6) is -0.0276. The van der Waals surface area contributed by atoms with Gasteiger partial charge in [0.1, 0.15) is 10.4 Å². The van der Waals surface area contributed by atoms with E-state index in [1.165, 1.54) is 16.3 Å². The third kappa shape index (κ3) is 5.04. The number of rotatable bonds is 8. The molecule has 2 N–H and O–H groups in total. The maximum Gasteiger partial charge on any atom is 0.241 e. The van der Waals surface area contributed by atoms with E-state index in [2.05, 4.69) is 71.4 Å². The molecule has 210 valence electrons. The van der Waals surface area contributed by atoms with Gasteiger partial charge >= 0.3 is 0 Å². The van der Waals surface area contributed by atoms with Gasteiger partial charge in [0.2, 0.25) is 5.91 Å². The molecule has 1 amide bonds. The normalized spacial score (nSPS) is 16.2. The quantitative estimate of drug-likeness (QED) is 0.178. The Morgan fingerprint density at radius 1 is 1.02 bits per heavy atom. The van der Waals surface area contributed by atoms with Gasteiger partial charge < -0.3 is 15.0 Å². The molecule has 0 spiro atoms. The van der Waals surface area contributed by atoms with Crippen molar-refractivity contribution in [1.29, 1.82) is 0 Å². The highest BCUT2D eigenvalue weighted by atomic mass is 32.1. The lowest BCUT2D eigenvalue weighted by Gasteiger charge is -2.35. The van der Waals surface area contributed by atoms with Crippen molar-refractivity contribution in [1.82, 2.24) is 14.9 Å². The molecule has 0 radical (unpaired) electrons. The highest BCUT2D eigenvalue weighted by molar-refractivity contribution is 7.82. The molecule has 2 atom stereocenters. The predicted octanol–water partition coefficient (Wildman–Crippen LogP) is 7.02. The number of aromatic nitrogens is 2. The molecule has 5 aromatic rings. The molecule has 1 fully saturated rings. The van der Waals surface area contributed by atoms with Crippen LogP contribution < -0.4 is 5.32 Å². The highest BCUT2D eigenvalue weighted by Crippen LogP contribution is 2.46. The summed E-state index contributed by atoms with van der Waals surface area (Å²) in [4.78, 5) is 18.9. The molecule has 1 aliphatic rings. The van der Waals surface area contributed by atoms with Gasteiger partial charge in [-0.2, -0.15) is 12.6 Å². The van der Waals surface area contributed by atoms with Crippen molar-refractivity contribution in [2.24, 2.45) is 5.92 Å². The fraction of sp³-hybridized carbons (Fsp3) is 0.314. The summed E-state index contributed by atoms with van der Waals surface area (Å²) in [7, 11) is 0. The molecule has 6 rings (SSSR count). The number of nitrogens with zero attached hydrogens (tertiary/aromatic N) is 2. The molecule has 0 aliphatic heterocycles. The van der Waals surface area contributed by atoms with Gasteiger partial charge in [0, 0.05) is 23.0 Å². The third-order valence-corrected chi connectivity index (χ3v) is 9.59. The zero-order valence-electron chi connectivity index (χ0n) is 23.7. The van der Waals surface area contributed by atoms with Crippen molar-refractivity contribution >= 4 is 40.5 Å². The summed E-state index contributed by atoms with van der Waals surface area (Å²) < 4.78 is 1.31. The summed E-state index contributed by atoms with van der Waals surface area (Å²) in [5.41, 5.74) is 7.31. The van der Waals surface area contributed by atoms with Crippen molar-refractivity contribution in [2.75, 3.05) is 6.61 Å². The molecular weight excluding hydrogens is 526 g/mol. The number of carbonyl (C=O) groups is 1. The summed E-state index contributed by atoms with van der Waals surface area (Å²) in [5, 5.41) is 15.7. The van der Waals surface area contributed by atoms with Gasteiger partial charge in [0.05, 0.1) is 18.2 Å². The lowest BCUT2D eigenvalue weighted by molar-refractivity contribution is -0.126. The predicted molar refractivity (Wildman–Crippen MR) is 169 cm³/mol. The number of carbonyl (C=O) groups excluding carboxylic acids is 1. The van der Waals surface area contributed by atoms with E-state index in [1.54, 1.807) is 0 Å². The average molecular weight is 564 g/mol. The van der Waals surface area contributed by atoms with Crippen LogP contribution in [0.2, 0.25) is 0 Å². The number of benzene rings is 3. The molecule has 2 heterocycles. The Bertz CT molecular complexity index is 1690. The molecule has 0 bridgehead atoms. The van der Waals surface area contributed by atoms with Gasteiger partial charge in [-0.15, -0.1) is 0 Å². The molecule has 5 nitrogen and oxygen atoms in total. The van der Waals surface area contributed by atoms with Gasteiger partial charge in [0.25, 0.3) is 0 Å². The van der Waals surface area contributed by atoms with Crippen molar-refractivity contribution in [3.63, 3.8) is 0 Å². The van der Waals surface area contributed by atoms with Crippen LogP contribution in [0.1, 0.15) is 59.7 Å². The monoisotopic (exact) mass is 563 g/mol. The molecule has 0 saturated heterocycles. The fourth-order valence-electron chi connectivity index (χ4n) is 6.67. The summed E-state index contributed by atoms with van der Waals surface area (Å²) in [6.07, 6.45) is 4.11. The average Bonchev–Trinajstić information content (AvgIpc) is 3.64. The van der Waals surface area contributed by atoms with Crippen LogP contribution in [0.3, 0.4) is 0 Å². The number of para-hydroxylation sites is 1. The van der Waals surface area contributed by atoms with Crippen LogP contribution in [0, 0.1) is 19.8 Å². The van der Waals surface area contributed by atoms with Crippen LogP contribution in [0.25, 0.3) is 21.9 Å². The van der Waals surface area contributed by atoms with Crippen molar-refractivity contribution in [2.45, 2.75) is 56.9 Å². The van der Waals surface area contributed by atoms with Crippen LogP contribution in [-0.4, -0.2) is 27.2 Å². The Hall–Kier alpha value is -3.61. The smallest absolute Gasteiger partial charge is 0.241 e. The van der Waals surface area contributed by atoms with E-state index in [-0.39, 0.29) is 18.4 Å². The van der Waals surface area contributed by atoms with Crippen molar-refractivity contribution in [3.8, 4) is 0 Å². The largest absolute Gasteiger partial charge is 0.394 e. The van der Waals surface area contributed by atoms with Gasteiger partial charge in [-0.25, -0.2) is 4.98 Å². The van der Waals surface area contributed by atoms with E-state index in [1.807, 2.05) is 37.3 Å². The number of hydrogen-bond acceptors (Lipinski definition) is 4. The standard InChI is InChI=1S/C35H37N3O2S/c1-23-20-24(2)36-33-32(23)29-14-8-9-15-31(29)38(33)21-25-16-18-28(19-17-25)35(41,27-12-6-7-13-27)34(40)37-30(22-39)26-10-4-3-5-11-26/h3-5,8-11,14-20,27,30,39,41H,6-7,12-13,21-22H2,1-2H3,(H,37,40). The molecule has 1 saturated carbocycles. The number of pyridine rings is 1.